The Morgan fingerprint density at radius 2 is 1.15 bits per heavy atom. The first kappa shape index (κ1) is 29.5. The van der Waals surface area contributed by atoms with Gasteiger partial charge in [-0.25, -0.2) is 4.85 Å². The molecule has 0 spiro atoms. The second kappa shape index (κ2) is 11.6. The monoisotopic (exact) mass is 660 g/mol. The summed E-state index contributed by atoms with van der Waals surface area (Å²) in [6.45, 7) is 7.41. The number of hydrogen-bond donors (Lipinski definition) is 0. The third kappa shape index (κ3) is 4.46. The molecule has 1 aromatic heterocycles. The van der Waals surface area contributed by atoms with Gasteiger partial charge >= 0.3 is 0 Å². The van der Waals surface area contributed by atoms with Crippen molar-refractivity contribution in [3.05, 3.63) is 187 Å². The maximum absolute atomic E-state index is 9.41. The lowest BCUT2D eigenvalue weighted by Crippen LogP contribution is -2.09. The number of rotatable bonds is 5. The fourth-order valence-electron chi connectivity index (χ4n) is 8.02. The van der Waals surface area contributed by atoms with E-state index in [2.05, 4.69) is 142 Å². The average molecular weight is 661 g/mol. The number of nitriles is 1. The molecule has 4 nitrogen and oxygen atoms in total. The lowest BCUT2D eigenvalue weighted by atomic mass is 9.89. The number of hydrogen-bond acceptors (Lipinski definition) is 2. The number of fused-ring (bicyclic) bond motifs is 4. The number of benzene rings is 9. The molecule has 0 aliphatic rings. The fourth-order valence-corrected chi connectivity index (χ4v) is 8.02. The van der Waals surface area contributed by atoms with Crippen molar-refractivity contribution in [2.24, 2.45) is 0 Å². The van der Waals surface area contributed by atoms with Crippen molar-refractivity contribution in [3.8, 4) is 22.9 Å². The predicted octanol–water partition coefficient (Wildman–Crippen LogP) is 13.2. The fraction of sp³-hybridized carbons (Fsp3) is 0. The molecule has 10 aromatic rings. The van der Waals surface area contributed by atoms with Crippen LogP contribution in [0.4, 0.5) is 22.7 Å². The van der Waals surface area contributed by atoms with Crippen molar-refractivity contribution < 1.29 is 0 Å². The number of anilines is 3. The van der Waals surface area contributed by atoms with Crippen molar-refractivity contribution in [1.82, 2.24) is 4.57 Å². The van der Waals surface area contributed by atoms with Crippen LogP contribution in [0.2, 0.25) is 0 Å². The van der Waals surface area contributed by atoms with Crippen molar-refractivity contribution in [3.63, 3.8) is 0 Å². The van der Waals surface area contributed by atoms with Gasteiger partial charge in [0.2, 0.25) is 0 Å². The first-order valence-corrected chi connectivity index (χ1v) is 17.3. The molecule has 0 unspecified atom stereocenters. The van der Waals surface area contributed by atoms with Gasteiger partial charge in [0.25, 0.3) is 0 Å². The second-order valence-corrected chi connectivity index (χ2v) is 13.2. The van der Waals surface area contributed by atoms with E-state index in [1.807, 2.05) is 48.5 Å². The summed E-state index contributed by atoms with van der Waals surface area (Å²) in [5.41, 5.74) is 9.97. The molecule has 240 valence electrons. The van der Waals surface area contributed by atoms with E-state index >= 15 is 0 Å². The van der Waals surface area contributed by atoms with E-state index in [1.54, 1.807) is 0 Å². The second-order valence-electron chi connectivity index (χ2n) is 13.2. The third-order valence-electron chi connectivity index (χ3n) is 10.4. The molecule has 0 saturated heterocycles. The molecule has 0 aliphatic heterocycles. The molecule has 1 heterocycles. The lowest BCUT2D eigenvalue weighted by molar-refractivity contribution is 1.19. The molecule has 4 heteroatoms. The van der Waals surface area contributed by atoms with Gasteiger partial charge in [0, 0.05) is 38.9 Å². The topological polar surface area (TPSA) is 36.3 Å². The molecule has 10 rings (SSSR count). The summed E-state index contributed by atoms with van der Waals surface area (Å²) >= 11 is 0. The van der Waals surface area contributed by atoms with Gasteiger partial charge in [0.1, 0.15) is 0 Å². The SMILES string of the molecule is [C-]#[N+]c1ccc(N(c2ccc(C#N)cc2)c2ccc(-c3ccc4ccc5c6c(ccc3c46)cc3c4ccccc4n(-c4ccccc4)c35)cc2)cc1. The Bertz CT molecular complexity index is 2990. The first-order valence-electron chi connectivity index (χ1n) is 17.3. The van der Waals surface area contributed by atoms with Crippen LogP contribution in [-0.4, -0.2) is 4.57 Å². The van der Waals surface area contributed by atoms with Gasteiger partial charge in [0.15, 0.2) is 5.69 Å². The molecule has 52 heavy (non-hydrogen) atoms. The Morgan fingerprint density at radius 1 is 0.538 bits per heavy atom. The Balaban J connectivity index is 1.15. The van der Waals surface area contributed by atoms with Crippen molar-refractivity contribution >= 4 is 76.9 Å². The summed E-state index contributed by atoms with van der Waals surface area (Å²) < 4.78 is 2.42. The van der Waals surface area contributed by atoms with E-state index in [4.69, 9.17) is 6.57 Å². The summed E-state index contributed by atoms with van der Waals surface area (Å²) in [4.78, 5) is 5.73. The molecule has 9 aromatic carbocycles. The Hall–Kier alpha value is -7.40. The van der Waals surface area contributed by atoms with E-state index in [-0.39, 0.29) is 0 Å². The normalized spacial score (nSPS) is 11.4. The minimum atomic E-state index is 0.593. The van der Waals surface area contributed by atoms with E-state index in [9.17, 15) is 5.26 Å². The molecule has 0 fully saturated rings. The van der Waals surface area contributed by atoms with Gasteiger partial charge in [-0.05, 0) is 111 Å². The van der Waals surface area contributed by atoms with E-state index in [1.165, 1.54) is 59.7 Å². The van der Waals surface area contributed by atoms with Crippen LogP contribution < -0.4 is 4.90 Å². The molecule has 0 bridgehead atoms. The quantitative estimate of drug-likeness (QED) is 0.136. The Morgan fingerprint density at radius 3 is 1.88 bits per heavy atom. The van der Waals surface area contributed by atoms with Crippen molar-refractivity contribution in [1.29, 1.82) is 5.26 Å². The van der Waals surface area contributed by atoms with E-state index in [0.717, 1.165) is 28.3 Å². The molecule has 0 radical (unpaired) electrons. The van der Waals surface area contributed by atoms with Gasteiger partial charge in [-0.3, -0.25) is 0 Å². The number of nitrogens with zero attached hydrogens (tertiary/aromatic N) is 4. The molecule has 0 atom stereocenters. The van der Waals surface area contributed by atoms with Crippen LogP contribution in [0.15, 0.2) is 170 Å². The standard InChI is InChI=1S/C48H28N4/c1-50-35-18-24-39(25-19-35)51(37-20-11-31(30-49)12-21-37)38-22-13-32(14-23-38)40-26-15-33-16-28-43-47-34(17-27-42(40)46(33)47)29-44-41-9-5-6-10-45(41)52(48(43)44)36-7-3-2-4-8-36/h2-29H. The average Bonchev–Trinajstić information content (AvgIpc) is 3.55. The van der Waals surface area contributed by atoms with E-state index < -0.39 is 0 Å². The van der Waals surface area contributed by atoms with Crippen LogP contribution >= 0.6 is 0 Å². The molecule has 0 saturated carbocycles. The highest BCUT2D eigenvalue weighted by Crippen LogP contribution is 2.45. The van der Waals surface area contributed by atoms with Crippen molar-refractivity contribution in [2.75, 3.05) is 4.90 Å². The minimum Gasteiger partial charge on any atom is -0.311 e. The summed E-state index contributed by atoms with van der Waals surface area (Å²) in [6, 6.07) is 61.5. The molecular formula is C48H28N4. The van der Waals surface area contributed by atoms with Gasteiger partial charge < -0.3 is 9.47 Å². The zero-order chi connectivity index (χ0) is 34.8. The minimum absolute atomic E-state index is 0.593. The summed E-state index contributed by atoms with van der Waals surface area (Å²) in [6.07, 6.45) is 0. The highest BCUT2D eigenvalue weighted by atomic mass is 15.1. The largest absolute Gasteiger partial charge is 0.311 e. The highest BCUT2D eigenvalue weighted by Gasteiger charge is 2.20. The van der Waals surface area contributed by atoms with Crippen molar-refractivity contribution in [2.45, 2.75) is 0 Å². The summed E-state index contributed by atoms with van der Waals surface area (Å²) in [5, 5.41) is 19.4. The predicted molar refractivity (Wildman–Crippen MR) is 216 cm³/mol. The van der Waals surface area contributed by atoms with Crippen LogP contribution in [0, 0.1) is 17.9 Å². The molecule has 0 N–H and O–H groups in total. The maximum atomic E-state index is 9.41. The maximum Gasteiger partial charge on any atom is 0.187 e. The van der Waals surface area contributed by atoms with Crippen LogP contribution in [0.5, 0.6) is 0 Å². The van der Waals surface area contributed by atoms with Gasteiger partial charge in [-0.15, -0.1) is 0 Å². The number of aromatic nitrogens is 1. The number of para-hydroxylation sites is 2. The zero-order valence-corrected chi connectivity index (χ0v) is 28.0. The van der Waals surface area contributed by atoms with Crippen LogP contribution in [0.3, 0.4) is 0 Å². The zero-order valence-electron chi connectivity index (χ0n) is 28.0. The van der Waals surface area contributed by atoms with E-state index in [0.29, 0.717) is 11.3 Å². The van der Waals surface area contributed by atoms with Crippen LogP contribution in [-0.2, 0) is 0 Å². The van der Waals surface area contributed by atoms with Crippen LogP contribution in [0.1, 0.15) is 5.56 Å². The van der Waals surface area contributed by atoms with Gasteiger partial charge in [0.05, 0.1) is 29.2 Å². The molecule has 0 amide bonds. The smallest absolute Gasteiger partial charge is 0.187 e. The Kier molecular flexibility index (Phi) is 6.58. The van der Waals surface area contributed by atoms with Gasteiger partial charge in [-0.1, -0.05) is 97.1 Å². The summed E-state index contributed by atoms with van der Waals surface area (Å²) in [7, 11) is 0. The first-order chi connectivity index (χ1) is 25.7. The highest BCUT2D eigenvalue weighted by molar-refractivity contribution is 6.32. The van der Waals surface area contributed by atoms with Crippen LogP contribution in [0.25, 0.3) is 75.8 Å². The lowest BCUT2D eigenvalue weighted by Gasteiger charge is -2.26. The molecule has 0 aliphatic carbocycles. The Labute approximate surface area is 300 Å². The molecular weight excluding hydrogens is 633 g/mol. The van der Waals surface area contributed by atoms with Gasteiger partial charge in [-0.2, -0.15) is 5.26 Å². The third-order valence-corrected chi connectivity index (χ3v) is 10.4. The summed E-state index contributed by atoms with van der Waals surface area (Å²) in [5.74, 6) is 0.